The molecule has 114 valence electrons. The lowest BCUT2D eigenvalue weighted by atomic mass is 10.1. The molecule has 1 unspecified atom stereocenters. The maximum atomic E-state index is 11.6. The van der Waals surface area contributed by atoms with Crippen LogP contribution in [0.1, 0.15) is 37.9 Å². The molecule has 0 aliphatic heterocycles. The van der Waals surface area contributed by atoms with Crippen molar-refractivity contribution in [2.75, 3.05) is 11.9 Å². The molecule has 0 aromatic heterocycles. The summed E-state index contributed by atoms with van der Waals surface area (Å²) in [6.45, 7) is 1.98. The highest BCUT2D eigenvalue weighted by molar-refractivity contribution is 5.89. The SMILES string of the molecule is CC(O)c1ccc(NC(=O)NCCC(=O)NC2CC2)cc1. The number of urea groups is 1. The number of rotatable bonds is 6. The molecule has 0 spiro atoms. The molecule has 21 heavy (non-hydrogen) atoms. The maximum absolute atomic E-state index is 11.6. The van der Waals surface area contributed by atoms with Gasteiger partial charge in [0, 0.05) is 24.7 Å². The Balaban J connectivity index is 1.67. The Hall–Kier alpha value is -2.08. The lowest BCUT2D eigenvalue weighted by Gasteiger charge is -2.09. The highest BCUT2D eigenvalue weighted by Crippen LogP contribution is 2.18. The summed E-state index contributed by atoms with van der Waals surface area (Å²) in [5, 5.41) is 17.6. The Bertz CT molecular complexity index is 495. The minimum Gasteiger partial charge on any atom is -0.389 e. The second-order valence-electron chi connectivity index (χ2n) is 5.27. The van der Waals surface area contributed by atoms with Crippen molar-refractivity contribution in [2.24, 2.45) is 0 Å². The van der Waals surface area contributed by atoms with Gasteiger partial charge in [-0.25, -0.2) is 4.79 Å². The molecule has 1 atom stereocenters. The van der Waals surface area contributed by atoms with Gasteiger partial charge in [0.1, 0.15) is 0 Å². The third-order valence-electron chi connectivity index (χ3n) is 3.23. The fourth-order valence-corrected chi connectivity index (χ4v) is 1.84. The van der Waals surface area contributed by atoms with Crippen LogP contribution < -0.4 is 16.0 Å². The number of carbonyl (C=O) groups excluding carboxylic acids is 2. The summed E-state index contributed by atoms with van der Waals surface area (Å²) in [7, 11) is 0. The predicted molar refractivity (Wildman–Crippen MR) is 79.9 cm³/mol. The average Bonchev–Trinajstić information content (AvgIpc) is 3.23. The van der Waals surface area contributed by atoms with Crippen LogP contribution in [0.3, 0.4) is 0 Å². The topological polar surface area (TPSA) is 90.5 Å². The molecule has 1 aromatic rings. The third-order valence-corrected chi connectivity index (χ3v) is 3.23. The molecule has 6 heteroatoms. The first kappa shape index (κ1) is 15.3. The molecule has 3 amide bonds. The van der Waals surface area contributed by atoms with Gasteiger partial charge in [0.15, 0.2) is 0 Å². The van der Waals surface area contributed by atoms with Crippen molar-refractivity contribution in [3.8, 4) is 0 Å². The minimum atomic E-state index is -0.530. The fraction of sp³-hybridized carbons (Fsp3) is 0.467. The van der Waals surface area contributed by atoms with Crippen molar-refractivity contribution in [3.63, 3.8) is 0 Å². The minimum absolute atomic E-state index is 0.0286. The van der Waals surface area contributed by atoms with E-state index in [0.717, 1.165) is 18.4 Å². The van der Waals surface area contributed by atoms with Gasteiger partial charge in [-0.1, -0.05) is 12.1 Å². The van der Waals surface area contributed by atoms with Gasteiger partial charge >= 0.3 is 6.03 Å². The molecule has 0 radical (unpaired) electrons. The van der Waals surface area contributed by atoms with E-state index in [9.17, 15) is 14.7 Å². The Morgan fingerprint density at radius 2 is 1.95 bits per heavy atom. The summed E-state index contributed by atoms with van der Waals surface area (Å²) in [6.07, 6.45) is 1.87. The van der Waals surface area contributed by atoms with E-state index in [0.29, 0.717) is 18.3 Å². The van der Waals surface area contributed by atoms with E-state index < -0.39 is 6.10 Å². The standard InChI is InChI=1S/C15H21N3O3/c1-10(19)11-2-4-13(5-3-11)18-15(21)16-9-8-14(20)17-12-6-7-12/h2-5,10,12,19H,6-9H2,1H3,(H,17,20)(H2,16,18,21). The lowest BCUT2D eigenvalue weighted by Crippen LogP contribution is -2.33. The summed E-state index contributed by atoms with van der Waals surface area (Å²) in [4.78, 5) is 23.1. The van der Waals surface area contributed by atoms with Gasteiger partial charge in [0.25, 0.3) is 0 Å². The van der Waals surface area contributed by atoms with Gasteiger partial charge in [-0.15, -0.1) is 0 Å². The molecule has 1 aliphatic carbocycles. The number of anilines is 1. The van der Waals surface area contributed by atoms with Crippen molar-refractivity contribution in [2.45, 2.75) is 38.3 Å². The van der Waals surface area contributed by atoms with Gasteiger partial charge in [-0.3, -0.25) is 4.79 Å². The summed E-state index contributed by atoms with van der Waals surface area (Å²) < 4.78 is 0. The van der Waals surface area contributed by atoms with Gasteiger partial charge in [0.2, 0.25) is 5.91 Å². The molecular weight excluding hydrogens is 270 g/mol. The monoisotopic (exact) mass is 291 g/mol. The van der Waals surface area contributed by atoms with Crippen LogP contribution in [-0.2, 0) is 4.79 Å². The number of amides is 3. The second kappa shape index (κ2) is 7.08. The molecule has 0 bridgehead atoms. The first-order chi connectivity index (χ1) is 10.0. The molecule has 0 heterocycles. The first-order valence-corrected chi connectivity index (χ1v) is 7.17. The molecule has 1 aliphatic rings. The van der Waals surface area contributed by atoms with Crippen LogP contribution in [0, 0.1) is 0 Å². The molecule has 6 nitrogen and oxygen atoms in total. The zero-order valence-electron chi connectivity index (χ0n) is 12.1. The Labute approximate surface area is 123 Å². The summed E-state index contributed by atoms with van der Waals surface area (Å²) in [5.41, 5.74) is 1.43. The van der Waals surface area contributed by atoms with Crippen molar-refractivity contribution >= 4 is 17.6 Å². The fourth-order valence-electron chi connectivity index (χ4n) is 1.84. The molecular formula is C15H21N3O3. The van der Waals surface area contributed by atoms with Crippen LogP contribution in [0.2, 0.25) is 0 Å². The summed E-state index contributed by atoms with van der Waals surface area (Å²) in [6, 6.07) is 6.95. The average molecular weight is 291 g/mol. The molecule has 1 aromatic carbocycles. The largest absolute Gasteiger partial charge is 0.389 e. The van der Waals surface area contributed by atoms with Gasteiger partial charge in [-0.05, 0) is 37.5 Å². The van der Waals surface area contributed by atoms with Crippen LogP contribution in [-0.4, -0.2) is 29.6 Å². The van der Waals surface area contributed by atoms with Crippen molar-refractivity contribution in [3.05, 3.63) is 29.8 Å². The number of aliphatic hydroxyl groups is 1. The molecule has 4 N–H and O–H groups in total. The van der Waals surface area contributed by atoms with E-state index in [-0.39, 0.29) is 18.4 Å². The molecule has 0 saturated heterocycles. The van der Waals surface area contributed by atoms with Crippen LogP contribution >= 0.6 is 0 Å². The summed E-state index contributed by atoms with van der Waals surface area (Å²) in [5.74, 6) is -0.0286. The summed E-state index contributed by atoms with van der Waals surface area (Å²) >= 11 is 0. The molecule has 2 rings (SSSR count). The van der Waals surface area contributed by atoms with Crippen molar-refractivity contribution < 1.29 is 14.7 Å². The normalized spacial score (nSPS) is 15.1. The Morgan fingerprint density at radius 3 is 2.52 bits per heavy atom. The zero-order chi connectivity index (χ0) is 15.2. The lowest BCUT2D eigenvalue weighted by molar-refractivity contribution is -0.121. The number of nitrogens with one attached hydrogen (secondary N) is 3. The third kappa shape index (κ3) is 5.43. The quantitative estimate of drug-likeness (QED) is 0.640. The van der Waals surface area contributed by atoms with Gasteiger partial charge < -0.3 is 21.1 Å². The number of hydrogen-bond acceptors (Lipinski definition) is 3. The van der Waals surface area contributed by atoms with Crippen molar-refractivity contribution in [1.29, 1.82) is 0 Å². The van der Waals surface area contributed by atoms with E-state index in [2.05, 4.69) is 16.0 Å². The number of hydrogen-bond donors (Lipinski definition) is 4. The van der Waals surface area contributed by atoms with E-state index in [4.69, 9.17) is 0 Å². The van der Waals surface area contributed by atoms with Crippen LogP contribution in [0.15, 0.2) is 24.3 Å². The second-order valence-corrected chi connectivity index (χ2v) is 5.27. The number of carbonyl (C=O) groups is 2. The van der Waals surface area contributed by atoms with Crippen LogP contribution in [0.25, 0.3) is 0 Å². The zero-order valence-corrected chi connectivity index (χ0v) is 12.1. The highest BCUT2D eigenvalue weighted by atomic mass is 16.3. The number of benzene rings is 1. The van der Waals surface area contributed by atoms with E-state index >= 15 is 0 Å². The highest BCUT2D eigenvalue weighted by Gasteiger charge is 2.22. The Kier molecular flexibility index (Phi) is 5.16. The Morgan fingerprint density at radius 1 is 1.29 bits per heavy atom. The van der Waals surface area contributed by atoms with E-state index in [1.165, 1.54) is 0 Å². The maximum Gasteiger partial charge on any atom is 0.319 e. The van der Waals surface area contributed by atoms with Crippen LogP contribution in [0.5, 0.6) is 0 Å². The number of aliphatic hydroxyl groups excluding tert-OH is 1. The van der Waals surface area contributed by atoms with Gasteiger partial charge in [-0.2, -0.15) is 0 Å². The predicted octanol–water partition coefficient (Wildman–Crippen LogP) is 1.53. The van der Waals surface area contributed by atoms with E-state index in [1.807, 2.05) is 0 Å². The smallest absolute Gasteiger partial charge is 0.319 e. The molecule has 1 fully saturated rings. The van der Waals surface area contributed by atoms with Crippen LogP contribution in [0.4, 0.5) is 10.5 Å². The van der Waals surface area contributed by atoms with Crippen molar-refractivity contribution in [1.82, 2.24) is 10.6 Å². The van der Waals surface area contributed by atoms with E-state index in [1.54, 1.807) is 31.2 Å². The molecule has 1 saturated carbocycles. The van der Waals surface area contributed by atoms with Gasteiger partial charge in [0.05, 0.1) is 6.10 Å². The first-order valence-electron chi connectivity index (χ1n) is 7.17.